The molecule has 2 aromatic rings. The summed E-state index contributed by atoms with van der Waals surface area (Å²) in [6, 6.07) is 14.9. The molecule has 4 rings (SSSR count). The van der Waals surface area contributed by atoms with E-state index in [1.165, 1.54) is 0 Å². The van der Waals surface area contributed by atoms with Crippen LogP contribution in [0.5, 0.6) is 0 Å². The van der Waals surface area contributed by atoms with E-state index in [0.29, 0.717) is 29.7 Å². The summed E-state index contributed by atoms with van der Waals surface area (Å²) in [5.41, 5.74) is 2.85. The van der Waals surface area contributed by atoms with Gasteiger partial charge in [0, 0.05) is 48.8 Å². The van der Waals surface area contributed by atoms with Crippen LogP contribution >= 0.6 is 11.6 Å². The van der Waals surface area contributed by atoms with Crippen LogP contribution in [-0.2, 0) is 17.8 Å². The number of carbonyl (C=O) groups is 2. The number of carbonyl (C=O) groups excluding carboxylic acids is 2. The molecule has 2 aliphatic heterocycles. The van der Waals surface area contributed by atoms with Gasteiger partial charge in [-0.25, -0.2) is 4.79 Å². The summed E-state index contributed by atoms with van der Waals surface area (Å²) < 4.78 is 0. The van der Waals surface area contributed by atoms with Gasteiger partial charge in [-0.05, 0) is 62.1 Å². The Labute approximate surface area is 194 Å². The summed E-state index contributed by atoms with van der Waals surface area (Å²) in [7, 11) is 0. The second kappa shape index (κ2) is 9.92. The van der Waals surface area contributed by atoms with E-state index in [0.717, 1.165) is 37.1 Å². The molecule has 6 nitrogen and oxygen atoms in total. The molecule has 0 saturated carbocycles. The Kier molecular flexibility index (Phi) is 7.01. The van der Waals surface area contributed by atoms with Gasteiger partial charge in [0.1, 0.15) is 6.04 Å². The Morgan fingerprint density at radius 1 is 1.00 bits per heavy atom. The maximum Gasteiger partial charge on any atom is 0.322 e. The molecule has 2 aromatic carbocycles. The monoisotopic (exact) mass is 454 g/mol. The van der Waals surface area contributed by atoms with Crippen LogP contribution in [0.2, 0.25) is 5.02 Å². The topological polar surface area (TPSA) is 64.7 Å². The van der Waals surface area contributed by atoms with Crippen LogP contribution < -0.4 is 10.6 Å². The summed E-state index contributed by atoms with van der Waals surface area (Å²) in [5.74, 6) is -0.0752. The smallest absolute Gasteiger partial charge is 0.322 e. The normalized spacial score (nSPS) is 19.5. The Hall–Kier alpha value is -2.57. The van der Waals surface area contributed by atoms with Crippen molar-refractivity contribution in [2.45, 2.75) is 57.8 Å². The van der Waals surface area contributed by atoms with Gasteiger partial charge in [-0.15, -0.1) is 0 Å². The SMILES string of the molecule is CC(C)N1CCC(NC(=O)C2Cc3ccccc3CN2C(=O)Nc2ccc(Cl)cc2)CC1. The number of halogens is 1. The third kappa shape index (κ3) is 5.25. The number of nitrogens with zero attached hydrogens (tertiary/aromatic N) is 2. The van der Waals surface area contributed by atoms with Gasteiger partial charge in [-0.1, -0.05) is 35.9 Å². The Morgan fingerprint density at radius 3 is 2.31 bits per heavy atom. The highest BCUT2D eigenvalue weighted by atomic mass is 35.5. The van der Waals surface area contributed by atoms with Gasteiger partial charge < -0.3 is 20.4 Å². The third-order valence-electron chi connectivity index (χ3n) is 6.51. The molecule has 2 aliphatic rings. The molecule has 0 radical (unpaired) electrons. The highest BCUT2D eigenvalue weighted by Gasteiger charge is 2.36. The first-order chi connectivity index (χ1) is 15.4. The fourth-order valence-corrected chi connectivity index (χ4v) is 4.68. The first kappa shape index (κ1) is 22.6. The van der Waals surface area contributed by atoms with E-state index >= 15 is 0 Å². The molecule has 7 heteroatoms. The molecule has 2 N–H and O–H groups in total. The first-order valence-corrected chi connectivity index (χ1v) is 11.7. The van der Waals surface area contributed by atoms with Gasteiger partial charge in [0.25, 0.3) is 0 Å². The first-order valence-electron chi connectivity index (χ1n) is 11.3. The summed E-state index contributed by atoms with van der Waals surface area (Å²) in [5, 5.41) is 6.76. The summed E-state index contributed by atoms with van der Waals surface area (Å²) in [4.78, 5) is 30.6. The molecule has 2 heterocycles. The van der Waals surface area contributed by atoms with E-state index in [2.05, 4.69) is 29.4 Å². The average Bonchev–Trinajstić information content (AvgIpc) is 2.80. The molecule has 1 saturated heterocycles. The number of fused-ring (bicyclic) bond motifs is 1. The molecular weight excluding hydrogens is 424 g/mol. The highest BCUT2D eigenvalue weighted by Crippen LogP contribution is 2.25. The number of piperidine rings is 1. The molecular formula is C25H31ClN4O2. The third-order valence-corrected chi connectivity index (χ3v) is 6.77. The van der Waals surface area contributed by atoms with Crippen LogP contribution in [0.4, 0.5) is 10.5 Å². The lowest BCUT2D eigenvalue weighted by Gasteiger charge is -2.38. The van der Waals surface area contributed by atoms with Gasteiger partial charge in [-0.3, -0.25) is 4.79 Å². The Bertz CT molecular complexity index is 955. The zero-order valence-electron chi connectivity index (χ0n) is 18.7. The molecule has 1 fully saturated rings. The summed E-state index contributed by atoms with van der Waals surface area (Å²) in [6.07, 6.45) is 2.38. The predicted molar refractivity (Wildman–Crippen MR) is 128 cm³/mol. The van der Waals surface area contributed by atoms with Crippen molar-refractivity contribution >= 4 is 29.2 Å². The highest BCUT2D eigenvalue weighted by molar-refractivity contribution is 6.30. The van der Waals surface area contributed by atoms with Crippen molar-refractivity contribution in [3.8, 4) is 0 Å². The van der Waals surface area contributed by atoms with E-state index in [-0.39, 0.29) is 18.0 Å². The lowest BCUT2D eigenvalue weighted by atomic mass is 9.93. The maximum absolute atomic E-state index is 13.3. The van der Waals surface area contributed by atoms with Crippen molar-refractivity contribution < 1.29 is 9.59 Å². The number of hydrogen-bond donors (Lipinski definition) is 2. The second-order valence-corrected chi connectivity index (χ2v) is 9.40. The van der Waals surface area contributed by atoms with Gasteiger partial charge in [0.15, 0.2) is 0 Å². The molecule has 1 unspecified atom stereocenters. The van der Waals surface area contributed by atoms with Gasteiger partial charge >= 0.3 is 6.03 Å². The van der Waals surface area contributed by atoms with Crippen LogP contribution in [0.1, 0.15) is 37.8 Å². The van der Waals surface area contributed by atoms with E-state index in [4.69, 9.17) is 11.6 Å². The van der Waals surface area contributed by atoms with Crippen LogP contribution in [0.3, 0.4) is 0 Å². The largest absolute Gasteiger partial charge is 0.351 e. The summed E-state index contributed by atoms with van der Waals surface area (Å²) in [6.45, 7) is 6.78. The van der Waals surface area contributed by atoms with Crippen LogP contribution in [0, 0.1) is 0 Å². The van der Waals surface area contributed by atoms with Crippen molar-refractivity contribution in [2.75, 3.05) is 18.4 Å². The number of rotatable bonds is 4. The van der Waals surface area contributed by atoms with Crippen molar-refractivity contribution in [3.05, 3.63) is 64.7 Å². The maximum atomic E-state index is 13.3. The van der Waals surface area contributed by atoms with E-state index in [1.54, 1.807) is 29.2 Å². The number of urea groups is 1. The van der Waals surface area contributed by atoms with E-state index in [9.17, 15) is 9.59 Å². The average molecular weight is 455 g/mol. The molecule has 0 aliphatic carbocycles. The molecule has 0 bridgehead atoms. The zero-order valence-corrected chi connectivity index (χ0v) is 19.4. The number of hydrogen-bond acceptors (Lipinski definition) is 3. The van der Waals surface area contributed by atoms with Crippen molar-refractivity contribution in [1.82, 2.24) is 15.1 Å². The fourth-order valence-electron chi connectivity index (χ4n) is 4.56. The molecule has 32 heavy (non-hydrogen) atoms. The van der Waals surface area contributed by atoms with Gasteiger partial charge in [0.05, 0.1) is 0 Å². The van der Waals surface area contributed by atoms with Crippen molar-refractivity contribution in [2.24, 2.45) is 0 Å². The minimum absolute atomic E-state index is 0.0752. The minimum atomic E-state index is -0.541. The minimum Gasteiger partial charge on any atom is -0.351 e. The number of benzene rings is 2. The lowest BCUT2D eigenvalue weighted by Crippen LogP contribution is -2.56. The molecule has 0 aromatic heterocycles. The second-order valence-electron chi connectivity index (χ2n) is 8.97. The van der Waals surface area contributed by atoms with Crippen LogP contribution in [-0.4, -0.2) is 53.0 Å². The Balaban J connectivity index is 1.47. The number of amides is 3. The molecule has 170 valence electrons. The molecule has 0 spiro atoms. The number of anilines is 1. The van der Waals surface area contributed by atoms with Crippen molar-refractivity contribution in [1.29, 1.82) is 0 Å². The van der Waals surface area contributed by atoms with E-state index in [1.807, 2.05) is 24.3 Å². The van der Waals surface area contributed by atoms with Crippen LogP contribution in [0.25, 0.3) is 0 Å². The zero-order chi connectivity index (χ0) is 22.7. The fraction of sp³-hybridized carbons (Fsp3) is 0.440. The lowest BCUT2D eigenvalue weighted by molar-refractivity contribution is -0.127. The van der Waals surface area contributed by atoms with Crippen molar-refractivity contribution in [3.63, 3.8) is 0 Å². The quantitative estimate of drug-likeness (QED) is 0.724. The molecule has 3 amide bonds. The Morgan fingerprint density at radius 2 is 1.66 bits per heavy atom. The molecule has 1 atom stereocenters. The standard InChI is InChI=1S/C25H31ClN4O2/c1-17(2)29-13-11-22(12-14-29)27-24(31)23-15-18-5-3-4-6-19(18)16-30(23)25(32)28-21-9-7-20(26)8-10-21/h3-10,17,22-23H,11-16H2,1-2H3,(H,27,31)(H,28,32). The summed E-state index contributed by atoms with van der Waals surface area (Å²) >= 11 is 5.96. The van der Waals surface area contributed by atoms with E-state index < -0.39 is 6.04 Å². The number of likely N-dealkylation sites (tertiary alicyclic amines) is 1. The number of nitrogens with one attached hydrogen (secondary N) is 2. The van der Waals surface area contributed by atoms with Gasteiger partial charge in [0.2, 0.25) is 5.91 Å². The van der Waals surface area contributed by atoms with Gasteiger partial charge in [-0.2, -0.15) is 0 Å². The predicted octanol–water partition coefficient (Wildman–Crippen LogP) is 4.29. The van der Waals surface area contributed by atoms with Crippen LogP contribution in [0.15, 0.2) is 48.5 Å².